The smallest absolute Gasteiger partial charge is 0.0700 e. The first-order valence-electron chi connectivity index (χ1n) is 7.90. The summed E-state index contributed by atoms with van der Waals surface area (Å²) >= 11 is 0. The van der Waals surface area contributed by atoms with Gasteiger partial charge in [-0.05, 0) is 25.3 Å². The molecular formula is C16H33NO3. The van der Waals surface area contributed by atoms with Gasteiger partial charge >= 0.3 is 0 Å². The van der Waals surface area contributed by atoms with Crippen molar-refractivity contribution in [3.63, 3.8) is 0 Å². The predicted molar refractivity (Wildman–Crippen MR) is 82.1 cm³/mol. The van der Waals surface area contributed by atoms with Crippen molar-refractivity contribution in [2.75, 3.05) is 40.1 Å². The fraction of sp³-hybridized carbons (Fsp3) is 1.00. The SMILES string of the molecule is COCCOCCCNC1CC(OCC(C)C)C1(C)C. The standard InChI is InChI=1S/C16H33NO3/c1-13(2)12-20-15-11-14(16(15,3)4)17-7-6-8-19-10-9-18-5/h13-15,17H,6-12H2,1-5H3. The molecular weight excluding hydrogens is 254 g/mol. The van der Waals surface area contributed by atoms with Gasteiger partial charge < -0.3 is 19.5 Å². The van der Waals surface area contributed by atoms with Crippen LogP contribution in [0.4, 0.5) is 0 Å². The lowest BCUT2D eigenvalue weighted by atomic mass is 9.64. The molecule has 0 radical (unpaired) electrons. The molecule has 0 aliphatic heterocycles. The van der Waals surface area contributed by atoms with E-state index in [-0.39, 0.29) is 5.41 Å². The number of rotatable bonds is 11. The highest BCUT2D eigenvalue weighted by Crippen LogP contribution is 2.42. The largest absolute Gasteiger partial charge is 0.382 e. The fourth-order valence-electron chi connectivity index (χ4n) is 2.52. The molecule has 1 aliphatic carbocycles. The third-order valence-electron chi connectivity index (χ3n) is 4.10. The highest BCUT2D eigenvalue weighted by Gasteiger charge is 2.48. The van der Waals surface area contributed by atoms with Crippen LogP contribution in [0.2, 0.25) is 0 Å². The average Bonchev–Trinajstić information content (AvgIpc) is 2.39. The first kappa shape index (κ1) is 17.9. The Hall–Kier alpha value is -0.160. The minimum absolute atomic E-state index is 0.242. The van der Waals surface area contributed by atoms with Crippen LogP contribution in [0.1, 0.15) is 40.5 Å². The summed E-state index contributed by atoms with van der Waals surface area (Å²) in [5.41, 5.74) is 0.242. The second kappa shape index (κ2) is 8.98. The lowest BCUT2D eigenvalue weighted by Gasteiger charge is -2.52. The van der Waals surface area contributed by atoms with Gasteiger partial charge in [-0.2, -0.15) is 0 Å². The highest BCUT2D eigenvalue weighted by molar-refractivity contribution is 5.02. The zero-order valence-electron chi connectivity index (χ0n) is 13.9. The van der Waals surface area contributed by atoms with Crippen molar-refractivity contribution < 1.29 is 14.2 Å². The number of hydrogen-bond donors (Lipinski definition) is 1. The van der Waals surface area contributed by atoms with E-state index in [1.165, 1.54) is 0 Å². The number of ether oxygens (including phenoxy) is 3. The van der Waals surface area contributed by atoms with E-state index in [0.29, 0.717) is 31.3 Å². The van der Waals surface area contributed by atoms with Crippen LogP contribution in [0.5, 0.6) is 0 Å². The molecule has 0 aromatic rings. The Labute approximate surface area is 124 Å². The van der Waals surface area contributed by atoms with Gasteiger partial charge in [0, 0.05) is 31.8 Å². The maximum absolute atomic E-state index is 5.98. The molecule has 0 heterocycles. The normalized spacial score (nSPS) is 24.9. The van der Waals surface area contributed by atoms with Crippen molar-refractivity contribution >= 4 is 0 Å². The predicted octanol–water partition coefficient (Wildman–Crippen LogP) is 2.47. The molecule has 2 unspecified atom stereocenters. The van der Waals surface area contributed by atoms with Crippen molar-refractivity contribution in [3.05, 3.63) is 0 Å². The summed E-state index contributed by atoms with van der Waals surface area (Å²) in [6, 6.07) is 0.568. The summed E-state index contributed by atoms with van der Waals surface area (Å²) in [5, 5.41) is 3.63. The summed E-state index contributed by atoms with van der Waals surface area (Å²) < 4.78 is 16.4. The van der Waals surface area contributed by atoms with Gasteiger partial charge in [0.1, 0.15) is 0 Å². The quantitative estimate of drug-likeness (QED) is 0.593. The average molecular weight is 287 g/mol. The molecule has 0 saturated heterocycles. The van der Waals surface area contributed by atoms with Crippen LogP contribution < -0.4 is 5.32 Å². The van der Waals surface area contributed by atoms with Crippen molar-refractivity contribution in [2.24, 2.45) is 11.3 Å². The molecule has 0 aromatic carbocycles. The van der Waals surface area contributed by atoms with E-state index in [9.17, 15) is 0 Å². The van der Waals surface area contributed by atoms with Gasteiger partial charge in [0.05, 0.1) is 19.3 Å². The van der Waals surface area contributed by atoms with Gasteiger partial charge in [-0.25, -0.2) is 0 Å². The van der Waals surface area contributed by atoms with E-state index in [1.807, 2.05) is 0 Å². The molecule has 1 saturated carbocycles. The van der Waals surface area contributed by atoms with E-state index in [0.717, 1.165) is 32.6 Å². The lowest BCUT2D eigenvalue weighted by Crippen LogP contribution is -2.61. The van der Waals surface area contributed by atoms with Crippen molar-refractivity contribution in [2.45, 2.75) is 52.7 Å². The summed E-state index contributed by atoms with van der Waals surface area (Å²) in [7, 11) is 1.70. The Morgan fingerprint density at radius 1 is 1.20 bits per heavy atom. The van der Waals surface area contributed by atoms with Crippen LogP contribution in [0, 0.1) is 11.3 Å². The Balaban J connectivity index is 2.05. The molecule has 20 heavy (non-hydrogen) atoms. The number of methoxy groups -OCH3 is 1. The molecule has 120 valence electrons. The molecule has 0 bridgehead atoms. The minimum atomic E-state index is 0.242. The van der Waals surface area contributed by atoms with Crippen molar-refractivity contribution in [1.29, 1.82) is 0 Å². The van der Waals surface area contributed by atoms with E-state index in [2.05, 4.69) is 33.0 Å². The van der Waals surface area contributed by atoms with Gasteiger partial charge in [-0.3, -0.25) is 0 Å². The third kappa shape index (κ3) is 5.68. The minimum Gasteiger partial charge on any atom is -0.382 e. The third-order valence-corrected chi connectivity index (χ3v) is 4.10. The van der Waals surface area contributed by atoms with E-state index in [1.54, 1.807) is 7.11 Å². The summed E-state index contributed by atoms with van der Waals surface area (Å²) in [5.74, 6) is 0.613. The summed E-state index contributed by atoms with van der Waals surface area (Å²) in [6.07, 6.45) is 2.58. The van der Waals surface area contributed by atoms with Crippen LogP contribution in [-0.4, -0.2) is 52.2 Å². The zero-order valence-corrected chi connectivity index (χ0v) is 13.9. The van der Waals surface area contributed by atoms with Crippen LogP contribution in [-0.2, 0) is 14.2 Å². The van der Waals surface area contributed by atoms with Gasteiger partial charge in [0.25, 0.3) is 0 Å². The molecule has 1 N–H and O–H groups in total. The highest BCUT2D eigenvalue weighted by atomic mass is 16.5. The topological polar surface area (TPSA) is 39.7 Å². The Bertz CT molecular complexity index is 256. The Morgan fingerprint density at radius 3 is 2.55 bits per heavy atom. The Kier molecular flexibility index (Phi) is 8.03. The van der Waals surface area contributed by atoms with Crippen LogP contribution in [0.3, 0.4) is 0 Å². The molecule has 2 atom stereocenters. The van der Waals surface area contributed by atoms with Gasteiger partial charge in [0.15, 0.2) is 0 Å². The summed E-state index contributed by atoms with van der Waals surface area (Å²) in [4.78, 5) is 0. The molecule has 1 rings (SSSR count). The van der Waals surface area contributed by atoms with Gasteiger partial charge in [-0.1, -0.05) is 27.7 Å². The fourth-order valence-corrected chi connectivity index (χ4v) is 2.52. The number of nitrogens with one attached hydrogen (secondary N) is 1. The van der Waals surface area contributed by atoms with Gasteiger partial charge in [-0.15, -0.1) is 0 Å². The first-order chi connectivity index (χ1) is 9.48. The van der Waals surface area contributed by atoms with Crippen molar-refractivity contribution in [1.82, 2.24) is 5.32 Å². The van der Waals surface area contributed by atoms with E-state index < -0.39 is 0 Å². The van der Waals surface area contributed by atoms with Crippen LogP contribution in [0.15, 0.2) is 0 Å². The molecule has 4 heteroatoms. The van der Waals surface area contributed by atoms with Gasteiger partial charge in [0.2, 0.25) is 0 Å². The molecule has 1 aliphatic rings. The van der Waals surface area contributed by atoms with E-state index >= 15 is 0 Å². The molecule has 0 aromatic heterocycles. The maximum atomic E-state index is 5.98. The van der Waals surface area contributed by atoms with Crippen LogP contribution >= 0.6 is 0 Å². The first-order valence-corrected chi connectivity index (χ1v) is 7.90. The molecule has 0 spiro atoms. The number of hydrogen-bond acceptors (Lipinski definition) is 4. The lowest BCUT2D eigenvalue weighted by molar-refractivity contribution is -0.123. The van der Waals surface area contributed by atoms with Crippen LogP contribution in [0.25, 0.3) is 0 Å². The monoisotopic (exact) mass is 287 g/mol. The second-order valence-corrected chi connectivity index (χ2v) is 6.74. The Morgan fingerprint density at radius 2 is 1.95 bits per heavy atom. The summed E-state index contributed by atoms with van der Waals surface area (Å²) in [6.45, 7) is 13.1. The molecule has 1 fully saturated rings. The molecule has 0 amide bonds. The zero-order chi connectivity index (χ0) is 15.0. The van der Waals surface area contributed by atoms with E-state index in [4.69, 9.17) is 14.2 Å². The second-order valence-electron chi connectivity index (χ2n) is 6.74. The molecule has 4 nitrogen and oxygen atoms in total. The van der Waals surface area contributed by atoms with Crippen molar-refractivity contribution in [3.8, 4) is 0 Å². The maximum Gasteiger partial charge on any atom is 0.0700 e.